The summed E-state index contributed by atoms with van der Waals surface area (Å²) in [5.41, 5.74) is 1.32. The predicted molar refractivity (Wildman–Crippen MR) is 156 cm³/mol. The van der Waals surface area contributed by atoms with Crippen LogP contribution in [0.25, 0.3) is 0 Å². The number of ether oxygens (including phenoxy) is 2. The third kappa shape index (κ3) is 5.28. The van der Waals surface area contributed by atoms with Crippen LogP contribution in [-0.2, 0) is 36.2 Å². The maximum atomic E-state index is 13.4. The highest BCUT2D eigenvalue weighted by molar-refractivity contribution is 7.90. The standard InChI is InChI=1S/C31H35ClN2O6S/c1-30(2)29(36)33-41(37,38)23-9-12-28-26(16-23)34(17-21-7-10-24(21)27(35)6-4-14-40-30)18-31(19-39-28)13-3-5-20-15-22(32)8-11-25(20)31/h4,6,8-9,11-12,15-16,21,24H,3,5,7,10,13-14,17-19H2,1-2H3,(H,33,36)/t21-,24+,31-/m0/s1. The molecule has 10 heteroatoms. The number of halogens is 1. The minimum absolute atomic E-state index is 0.0118. The largest absolute Gasteiger partial charge is 0.490 e. The number of carbonyl (C=O) groups excluding carboxylic acids is 2. The second-order valence-electron chi connectivity index (χ2n) is 12.2. The molecule has 3 atom stereocenters. The molecule has 1 spiro atoms. The third-order valence-corrected chi connectivity index (χ3v) is 10.7. The average Bonchev–Trinajstić information content (AvgIpc) is 3.05. The van der Waals surface area contributed by atoms with Crippen LogP contribution in [0.2, 0.25) is 5.02 Å². The lowest BCUT2D eigenvalue weighted by Gasteiger charge is -2.44. The highest BCUT2D eigenvalue weighted by Crippen LogP contribution is 2.46. The summed E-state index contributed by atoms with van der Waals surface area (Å²) in [5.74, 6) is -0.158. The van der Waals surface area contributed by atoms with Gasteiger partial charge in [0.05, 0.1) is 23.8 Å². The number of sulfonamides is 1. The molecule has 0 unspecified atom stereocenters. The molecule has 1 N–H and O–H groups in total. The van der Waals surface area contributed by atoms with Crippen molar-refractivity contribution in [3.05, 3.63) is 64.7 Å². The van der Waals surface area contributed by atoms with Gasteiger partial charge in [0.1, 0.15) is 11.4 Å². The Hall–Kier alpha value is -2.88. The van der Waals surface area contributed by atoms with Crippen LogP contribution < -0.4 is 14.4 Å². The smallest absolute Gasteiger partial charge is 0.265 e. The number of allylic oxidation sites excluding steroid dienone is 1. The Morgan fingerprint density at radius 3 is 2.71 bits per heavy atom. The van der Waals surface area contributed by atoms with Crippen molar-refractivity contribution in [2.45, 2.75) is 61.9 Å². The number of aryl methyl sites for hydroxylation is 1. The van der Waals surface area contributed by atoms with Crippen LogP contribution >= 0.6 is 11.6 Å². The number of hydrogen-bond donors (Lipinski definition) is 1. The average molecular weight is 599 g/mol. The lowest BCUT2D eigenvalue weighted by molar-refractivity contribution is -0.139. The molecule has 41 heavy (non-hydrogen) atoms. The van der Waals surface area contributed by atoms with Gasteiger partial charge in [-0.15, -0.1) is 0 Å². The van der Waals surface area contributed by atoms with E-state index >= 15 is 0 Å². The van der Waals surface area contributed by atoms with Crippen molar-refractivity contribution in [1.82, 2.24) is 4.72 Å². The zero-order chi connectivity index (χ0) is 29.0. The van der Waals surface area contributed by atoms with Gasteiger partial charge in [-0.3, -0.25) is 9.59 Å². The van der Waals surface area contributed by atoms with Crippen LogP contribution in [0.4, 0.5) is 5.69 Å². The number of benzene rings is 2. The number of rotatable bonds is 0. The van der Waals surface area contributed by atoms with E-state index in [1.165, 1.54) is 37.1 Å². The second-order valence-corrected chi connectivity index (χ2v) is 14.4. The highest BCUT2D eigenvalue weighted by Gasteiger charge is 2.44. The Morgan fingerprint density at radius 2 is 1.93 bits per heavy atom. The molecule has 2 aliphatic heterocycles. The molecule has 4 aliphatic rings. The number of carbonyl (C=O) groups is 2. The number of hydrogen-bond acceptors (Lipinski definition) is 7. The van der Waals surface area contributed by atoms with Gasteiger partial charge in [0.2, 0.25) is 0 Å². The molecule has 0 aromatic heterocycles. The van der Waals surface area contributed by atoms with Crippen molar-refractivity contribution < 1.29 is 27.5 Å². The van der Waals surface area contributed by atoms with Crippen molar-refractivity contribution in [2.75, 3.05) is 31.2 Å². The van der Waals surface area contributed by atoms with Gasteiger partial charge in [-0.2, -0.15) is 0 Å². The molecule has 0 saturated heterocycles. The molecular weight excluding hydrogens is 564 g/mol. The summed E-state index contributed by atoms with van der Waals surface area (Å²) in [5, 5.41) is 0.706. The molecule has 0 radical (unpaired) electrons. The Kier molecular flexibility index (Phi) is 7.19. The van der Waals surface area contributed by atoms with Gasteiger partial charge in [-0.25, -0.2) is 13.1 Å². The second kappa shape index (κ2) is 10.4. The van der Waals surface area contributed by atoms with Crippen LogP contribution in [0.15, 0.2) is 53.4 Å². The highest BCUT2D eigenvalue weighted by atomic mass is 35.5. The summed E-state index contributed by atoms with van der Waals surface area (Å²) >= 11 is 6.36. The first kappa shape index (κ1) is 28.2. The van der Waals surface area contributed by atoms with E-state index in [9.17, 15) is 18.0 Å². The molecular formula is C31H35ClN2O6S. The first-order valence-corrected chi connectivity index (χ1v) is 16.1. The Balaban J connectivity index is 1.45. The van der Waals surface area contributed by atoms with E-state index in [0.717, 1.165) is 32.1 Å². The molecule has 2 aromatic carbocycles. The maximum Gasteiger partial charge on any atom is 0.265 e. The number of anilines is 1. The number of ketones is 1. The molecule has 1 fully saturated rings. The zero-order valence-electron chi connectivity index (χ0n) is 23.3. The van der Waals surface area contributed by atoms with Crippen molar-refractivity contribution in [3.63, 3.8) is 0 Å². The predicted octanol–water partition coefficient (Wildman–Crippen LogP) is 4.58. The lowest BCUT2D eigenvalue weighted by atomic mass is 9.68. The fourth-order valence-electron chi connectivity index (χ4n) is 6.62. The summed E-state index contributed by atoms with van der Waals surface area (Å²) in [6.07, 6.45) is 7.70. The van der Waals surface area contributed by atoms with Crippen molar-refractivity contribution in [2.24, 2.45) is 11.8 Å². The molecule has 6 rings (SSSR count). The van der Waals surface area contributed by atoms with Gasteiger partial charge in [0.25, 0.3) is 15.9 Å². The van der Waals surface area contributed by atoms with E-state index in [1.807, 2.05) is 12.1 Å². The SMILES string of the molecule is CC1(C)OCC=CC(=O)[C@@H]2CC[C@H]2CN2C[C@@]3(CCCc4cc(Cl)ccc43)COc3ccc(cc32)S(=O)(=O)NC1=O. The van der Waals surface area contributed by atoms with Gasteiger partial charge in [-0.1, -0.05) is 23.7 Å². The van der Waals surface area contributed by atoms with Crippen LogP contribution in [0, 0.1) is 11.8 Å². The first-order chi connectivity index (χ1) is 19.5. The van der Waals surface area contributed by atoms with Gasteiger partial charge in [0, 0.05) is 29.4 Å². The summed E-state index contributed by atoms with van der Waals surface area (Å²) in [7, 11) is -4.20. The van der Waals surface area contributed by atoms with Crippen LogP contribution in [-0.4, -0.2) is 52.0 Å². The number of amides is 1. The van der Waals surface area contributed by atoms with E-state index in [4.69, 9.17) is 21.1 Å². The Morgan fingerprint density at radius 1 is 1.10 bits per heavy atom. The maximum absolute atomic E-state index is 13.4. The fraction of sp³-hybridized carbons (Fsp3) is 0.484. The van der Waals surface area contributed by atoms with E-state index in [2.05, 4.69) is 15.7 Å². The van der Waals surface area contributed by atoms with E-state index in [1.54, 1.807) is 18.2 Å². The van der Waals surface area contributed by atoms with Gasteiger partial charge in [0.15, 0.2) is 5.78 Å². The molecule has 1 amide bonds. The fourth-order valence-corrected chi connectivity index (χ4v) is 7.94. The van der Waals surface area contributed by atoms with Crippen LogP contribution in [0.3, 0.4) is 0 Å². The monoisotopic (exact) mass is 598 g/mol. The molecule has 8 nitrogen and oxygen atoms in total. The zero-order valence-corrected chi connectivity index (χ0v) is 24.9. The summed E-state index contributed by atoms with van der Waals surface area (Å²) in [6.45, 7) is 4.65. The topological polar surface area (TPSA) is 102 Å². The van der Waals surface area contributed by atoms with Gasteiger partial charge in [-0.05, 0) is 99.4 Å². The first-order valence-electron chi connectivity index (χ1n) is 14.2. The molecule has 2 aliphatic carbocycles. The van der Waals surface area contributed by atoms with Crippen LogP contribution in [0.1, 0.15) is 50.7 Å². The minimum Gasteiger partial charge on any atom is -0.490 e. The van der Waals surface area contributed by atoms with Crippen LogP contribution in [0.5, 0.6) is 5.75 Å². The van der Waals surface area contributed by atoms with E-state index in [0.29, 0.717) is 36.2 Å². The number of nitrogens with zero attached hydrogens (tertiary/aromatic N) is 1. The summed E-state index contributed by atoms with van der Waals surface area (Å²) in [4.78, 5) is 28.3. The molecule has 2 heterocycles. The molecule has 218 valence electrons. The van der Waals surface area contributed by atoms with E-state index in [-0.39, 0.29) is 34.5 Å². The third-order valence-electron chi connectivity index (χ3n) is 9.15. The minimum atomic E-state index is -4.20. The molecule has 1 saturated carbocycles. The normalized spacial score (nSPS) is 28.9. The lowest BCUT2D eigenvalue weighted by Crippen LogP contribution is -2.49. The number of fused-ring (bicyclic) bond motifs is 4. The Labute approximate surface area is 246 Å². The molecule has 2 bridgehead atoms. The summed E-state index contributed by atoms with van der Waals surface area (Å²) in [6, 6.07) is 10.8. The van der Waals surface area contributed by atoms with E-state index < -0.39 is 21.5 Å². The number of nitrogens with one attached hydrogen (secondary N) is 1. The van der Waals surface area contributed by atoms with Gasteiger partial charge >= 0.3 is 0 Å². The summed E-state index contributed by atoms with van der Waals surface area (Å²) < 4.78 is 41.1. The quantitative estimate of drug-likeness (QED) is 0.474. The van der Waals surface area contributed by atoms with Gasteiger partial charge < -0.3 is 14.4 Å². The van der Waals surface area contributed by atoms with Crippen molar-refractivity contribution in [3.8, 4) is 5.75 Å². The Bertz CT molecular complexity index is 1540. The van der Waals surface area contributed by atoms with Crippen molar-refractivity contribution >= 4 is 39.0 Å². The van der Waals surface area contributed by atoms with Crippen molar-refractivity contribution in [1.29, 1.82) is 0 Å². The molecule has 2 aromatic rings.